The van der Waals surface area contributed by atoms with Crippen LogP contribution in [0.25, 0.3) is 0 Å². The van der Waals surface area contributed by atoms with Crippen LogP contribution in [0, 0.1) is 19.2 Å². The predicted octanol–water partition coefficient (Wildman–Crippen LogP) is 1.66. The molecule has 8 heavy (non-hydrogen) atoms. The predicted molar refractivity (Wildman–Crippen MR) is 39.2 cm³/mol. The second-order valence-electron chi connectivity index (χ2n) is 0. The van der Waals surface area contributed by atoms with Crippen molar-refractivity contribution in [2.24, 2.45) is 0 Å². The van der Waals surface area contributed by atoms with Gasteiger partial charge in [-0.1, -0.05) is 0 Å². The van der Waals surface area contributed by atoms with Crippen LogP contribution in [0.15, 0.2) is 6.58 Å². The first kappa shape index (κ1) is 39.8. The van der Waals surface area contributed by atoms with Crippen molar-refractivity contribution >= 4 is 42.2 Å². The van der Waals surface area contributed by atoms with E-state index in [4.69, 9.17) is 5.41 Å². The molecule has 46 valence electrons. The van der Waals surface area contributed by atoms with Crippen LogP contribution in [0.3, 0.4) is 0 Å². The Balaban J connectivity index is -0.00000000500. The Bertz CT molecular complexity index is 18.0. The molecular weight excluding hydrogens is 141 g/mol. The molecule has 0 aromatic heterocycles. The first-order valence-electron chi connectivity index (χ1n) is 1.03. The van der Waals surface area contributed by atoms with Crippen LogP contribution >= 0.6 is 12.4 Å². The molecule has 0 rings (SSSR count). The first-order chi connectivity index (χ1) is 3.00. The smallest absolute Gasteiger partial charge is 0.521 e. The number of hydrogen-bond donors (Lipinski definition) is 1. The molecule has 0 bridgehead atoms. The molecule has 0 atom stereocenters. The van der Waals surface area contributed by atoms with E-state index in [1.807, 2.05) is 0 Å². The van der Waals surface area contributed by atoms with E-state index < -0.39 is 0 Å². The zero-order chi connectivity index (χ0) is 6.00. The molecule has 0 radical (unpaired) electrons. The largest absolute Gasteiger partial charge is 2.00 e. The Hall–Kier alpha value is 0.396. The second kappa shape index (κ2) is 1930. The van der Waals surface area contributed by atoms with Gasteiger partial charge >= 0.3 is 23.1 Å². The van der Waals surface area contributed by atoms with Crippen LogP contribution in [0.1, 0.15) is 0 Å². The average molecular weight is 150 g/mol. The Morgan fingerprint density at radius 3 is 1.25 bits per heavy atom. The maximum Gasteiger partial charge on any atom is 2.00 e. The third-order valence-electron chi connectivity index (χ3n) is 0. The summed E-state index contributed by atoms with van der Waals surface area (Å²) < 4.78 is 9.25. The van der Waals surface area contributed by atoms with Gasteiger partial charge in [-0.25, -0.2) is 0 Å². The number of rotatable bonds is 0. The van der Waals surface area contributed by atoms with Crippen LogP contribution in [-0.4, -0.2) is 29.8 Å². The molecule has 0 fully saturated rings. The van der Waals surface area contributed by atoms with Gasteiger partial charge in [0.25, 0.3) is 0 Å². The summed E-state index contributed by atoms with van der Waals surface area (Å²) in [5, 5.41) is 5.50. The second-order valence-corrected chi connectivity index (χ2v) is 0. The summed E-state index contributed by atoms with van der Waals surface area (Å²) in [4.78, 5) is 0. The van der Waals surface area contributed by atoms with Gasteiger partial charge < -0.3 is 16.4 Å². The van der Waals surface area contributed by atoms with E-state index in [1.54, 1.807) is 7.18 Å². The molecule has 0 aliphatic carbocycles. The van der Waals surface area contributed by atoms with Crippen molar-refractivity contribution in [1.29, 1.82) is 5.41 Å². The molecule has 0 saturated carbocycles. The maximum atomic E-state index is 9.25. The minimum atomic E-state index is 0. The van der Waals surface area contributed by atoms with Gasteiger partial charge in [0.15, 0.2) is 0 Å². The van der Waals surface area contributed by atoms with E-state index in [9.17, 15) is 4.39 Å². The normalized spacial score (nSPS) is 1.75. The molecule has 0 aromatic rings. The van der Waals surface area contributed by atoms with Crippen LogP contribution in [0.2, 0.25) is 0 Å². The molecule has 0 aliphatic heterocycles. The topological polar surface area (TPSA) is 23.9 Å². The molecule has 0 unspecified atom stereocenters. The fraction of sp³-hybridized carbons (Fsp3) is 0. The van der Waals surface area contributed by atoms with Crippen LogP contribution in [0.4, 0.5) is 4.39 Å². The summed E-state index contributed by atoms with van der Waals surface area (Å²) in [6, 6.07) is 0. The number of hydrogen-bond acceptors (Lipinski definition) is 1. The van der Waals surface area contributed by atoms with E-state index in [2.05, 4.69) is 19.9 Å². The van der Waals surface area contributed by atoms with Gasteiger partial charge in [-0.05, 0) is 6.72 Å². The first-order valence-corrected chi connectivity index (χ1v) is 1.03. The quantitative estimate of drug-likeness (QED) is 0.308. The van der Waals surface area contributed by atoms with E-state index >= 15 is 0 Å². The van der Waals surface area contributed by atoms with Crippen LogP contribution in [0.5, 0.6) is 0 Å². The third-order valence-corrected chi connectivity index (χ3v) is 0. The van der Waals surface area contributed by atoms with Crippen molar-refractivity contribution in [2.75, 3.05) is 0 Å². The van der Waals surface area contributed by atoms with Crippen molar-refractivity contribution in [3.05, 3.63) is 20.3 Å². The minimum absolute atomic E-state index is 0. The zero-order valence-electron chi connectivity index (χ0n) is 4.69. The fourth-order valence-electron chi connectivity index (χ4n) is 0. The van der Waals surface area contributed by atoms with Crippen molar-refractivity contribution in [3.63, 3.8) is 0 Å². The fourth-order valence-corrected chi connectivity index (χ4v) is 0. The van der Waals surface area contributed by atoms with Gasteiger partial charge in [0.05, 0.1) is 0 Å². The average Bonchev–Trinajstić information content (AvgIpc) is 1.81. The molecule has 0 saturated heterocycles. The van der Waals surface area contributed by atoms with Crippen molar-refractivity contribution in [1.82, 2.24) is 0 Å². The Morgan fingerprint density at radius 1 is 1.25 bits per heavy atom. The molecule has 4 heteroatoms. The molecule has 1 nitrogen and oxygen atoms in total. The van der Waals surface area contributed by atoms with E-state index in [1.165, 1.54) is 0 Å². The summed E-state index contributed by atoms with van der Waals surface area (Å²) in [5.74, 6) is 0. The monoisotopic (exact) mass is 149 g/mol. The number of nitrogens with one attached hydrogen (secondary N) is 1. The van der Waals surface area contributed by atoms with Crippen molar-refractivity contribution in [2.45, 2.75) is 0 Å². The molecule has 1 N–H and O–H groups in total. The Kier molecular flexibility index (Phi) is 9590. The maximum absolute atomic E-state index is 9.25. The zero-order valence-corrected chi connectivity index (χ0v) is 6.92. The molecular formula is C4H9ClFMgN. The summed E-state index contributed by atoms with van der Waals surface area (Å²) >= 11 is 0. The molecule has 0 amide bonds. The van der Waals surface area contributed by atoms with Gasteiger partial charge in [0, 0.05) is 0 Å². The molecule has 0 aromatic carbocycles. The van der Waals surface area contributed by atoms with Gasteiger partial charge in [-0.3, -0.25) is 6.58 Å². The summed E-state index contributed by atoms with van der Waals surface area (Å²) in [7, 11) is 1.75. The Labute approximate surface area is 72.4 Å². The molecule has 0 heterocycles. The third kappa shape index (κ3) is 1190. The van der Waals surface area contributed by atoms with Crippen LogP contribution in [-0.2, 0) is 0 Å². The van der Waals surface area contributed by atoms with Gasteiger partial charge in [-0.2, -0.15) is 7.18 Å². The SMILES string of the molecule is C=N.Cl.[CH-]=C.[CH2-]F.[Mg+2]. The van der Waals surface area contributed by atoms with Crippen LogP contribution < -0.4 is 0 Å². The van der Waals surface area contributed by atoms with E-state index in [-0.39, 0.29) is 35.5 Å². The van der Waals surface area contributed by atoms with Gasteiger partial charge in [-0.15, -0.1) is 12.4 Å². The van der Waals surface area contributed by atoms with Gasteiger partial charge in [0.2, 0.25) is 0 Å². The van der Waals surface area contributed by atoms with Crippen molar-refractivity contribution in [3.8, 4) is 0 Å². The van der Waals surface area contributed by atoms with Gasteiger partial charge in [0.1, 0.15) is 0 Å². The van der Waals surface area contributed by atoms with Crippen molar-refractivity contribution < 1.29 is 4.39 Å². The molecule has 0 aliphatic rings. The summed E-state index contributed by atoms with van der Waals surface area (Å²) in [5.41, 5.74) is 0. The minimum Gasteiger partial charge on any atom is -0.521 e. The Morgan fingerprint density at radius 2 is 1.25 bits per heavy atom. The van der Waals surface area contributed by atoms with E-state index in [0.717, 1.165) is 0 Å². The standard InChI is InChI=1S/C2H3.CH2F.CH3N.ClH.Mg/c3*1-2;;/h1H,2H2;1H2;2H,1H2;1H;/q2*-1;;;+2. The summed E-state index contributed by atoms with van der Waals surface area (Å²) in [6.07, 6.45) is 0. The van der Waals surface area contributed by atoms with E-state index in [0.29, 0.717) is 0 Å². The summed E-state index contributed by atoms with van der Waals surface area (Å²) in [6.45, 7) is 9.50. The number of halogens is 2. The molecule has 0 spiro atoms.